The summed E-state index contributed by atoms with van der Waals surface area (Å²) in [5.41, 5.74) is 4.51. The van der Waals surface area contributed by atoms with Crippen LogP contribution in [0.5, 0.6) is 0 Å². The van der Waals surface area contributed by atoms with Gasteiger partial charge >= 0.3 is 0 Å². The summed E-state index contributed by atoms with van der Waals surface area (Å²) >= 11 is 0. The predicted molar refractivity (Wildman–Crippen MR) is 115 cm³/mol. The van der Waals surface area contributed by atoms with E-state index in [0.717, 1.165) is 30.9 Å². The maximum absolute atomic E-state index is 4.51. The SMILES string of the molecule is CCc1ccc(Nc2cnnc(Nc3ccc(N4CCCCC4)cc3)n2)cc1. The number of nitrogens with one attached hydrogen (secondary N) is 2. The predicted octanol–water partition coefficient (Wildman–Crippen LogP) is 4.91. The maximum atomic E-state index is 4.51. The molecule has 3 aromatic rings. The summed E-state index contributed by atoms with van der Waals surface area (Å²) in [6.45, 7) is 4.44. The molecule has 0 aliphatic carbocycles. The second-order valence-corrected chi connectivity index (χ2v) is 7.06. The lowest BCUT2D eigenvalue weighted by Gasteiger charge is -2.28. The molecule has 2 heterocycles. The first-order chi connectivity index (χ1) is 13.8. The Labute approximate surface area is 166 Å². The average Bonchev–Trinajstić information content (AvgIpc) is 2.76. The van der Waals surface area contributed by atoms with Crippen molar-refractivity contribution in [3.05, 3.63) is 60.3 Å². The highest BCUT2D eigenvalue weighted by Gasteiger charge is 2.10. The number of anilines is 5. The van der Waals surface area contributed by atoms with Crippen molar-refractivity contribution in [3.8, 4) is 0 Å². The molecule has 0 bridgehead atoms. The highest BCUT2D eigenvalue weighted by Crippen LogP contribution is 2.23. The molecule has 28 heavy (non-hydrogen) atoms. The van der Waals surface area contributed by atoms with Gasteiger partial charge in [0.15, 0.2) is 5.82 Å². The molecule has 0 amide bonds. The number of piperidine rings is 1. The van der Waals surface area contributed by atoms with E-state index in [2.05, 4.69) is 74.0 Å². The zero-order valence-corrected chi connectivity index (χ0v) is 16.2. The first kappa shape index (κ1) is 18.2. The molecule has 1 fully saturated rings. The Morgan fingerprint density at radius 3 is 2.25 bits per heavy atom. The minimum Gasteiger partial charge on any atom is -0.372 e. The van der Waals surface area contributed by atoms with Crippen LogP contribution in [0.1, 0.15) is 31.7 Å². The van der Waals surface area contributed by atoms with Crippen molar-refractivity contribution in [2.75, 3.05) is 28.6 Å². The molecule has 0 spiro atoms. The van der Waals surface area contributed by atoms with Crippen molar-refractivity contribution < 1.29 is 0 Å². The van der Waals surface area contributed by atoms with E-state index in [4.69, 9.17) is 0 Å². The average molecular weight is 374 g/mol. The highest BCUT2D eigenvalue weighted by atomic mass is 15.3. The van der Waals surface area contributed by atoms with E-state index in [1.54, 1.807) is 6.20 Å². The smallest absolute Gasteiger partial charge is 0.249 e. The van der Waals surface area contributed by atoms with Gasteiger partial charge in [0.25, 0.3) is 0 Å². The lowest BCUT2D eigenvalue weighted by molar-refractivity contribution is 0.578. The van der Waals surface area contributed by atoms with Gasteiger partial charge in [0.1, 0.15) is 0 Å². The second kappa shape index (κ2) is 8.69. The van der Waals surface area contributed by atoms with Gasteiger partial charge in [0.05, 0.1) is 6.20 Å². The van der Waals surface area contributed by atoms with E-state index in [9.17, 15) is 0 Å². The van der Waals surface area contributed by atoms with E-state index in [1.807, 2.05) is 12.1 Å². The van der Waals surface area contributed by atoms with E-state index >= 15 is 0 Å². The molecule has 1 saturated heterocycles. The van der Waals surface area contributed by atoms with Crippen LogP contribution in [-0.2, 0) is 6.42 Å². The molecular weight excluding hydrogens is 348 g/mol. The molecule has 0 unspecified atom stereocenters. The fraction of sp³-hybridized carbons (Fsp3) is 0.318. The van der Waals surface area contributed by atoms with Crippen LogP contribution in [0, 0.1) is 0 Å². The minimum absolute atomic E-state index is 0.473. The maximum Gasteiger partial charge on any atom is 0.249 e. The van der Waals surface area contributed by atoms with Crippen molar-refractivity contribution in [2.45, 2.75) is 32.6 Å². The number of hydrogen-bond acceptors (Lipinski definition) is 6. The molecule has 0 radical (unpaired) electrons. The Hall–Kier alpha value is -3.15. The van der Waals surface area contributed by atoms with Crippen molar-refractivity contribution >= 4 is 28.8 Å². The number of aromatic nitrogens is 3. The zero-order chi connectivity index (χ0) is 19.2. The van der Waals surface area contributed by atoms with Gasteiger partial charge < -0.3 is 15.5 Å². The summed E-state index contributed by atoms with van der Waals surface area (Å²) in [6, 6.07) is 16.8. The molecule has 6 nitrogen and oxygen atoms in total. The first-order valence-electron chi connectivity index (χ1n) is 9.98. The molecule has 2 aromatic carbocycles. The first-order valence-corrected chi connectivity index (χ1v) is 9.98. The van der Waals surface area contributed by atoms with E-state index in [-0.39, 0.29) is 0 Å². The minimum atomic E-state index is 0.473. The van der Waals surface area contributed by atoms with Crippen molar-refractivity contribution in [1.82, 2.24) is 15.2 Å². The fourth-order valence-corrected chi connectivity index (χ4v) is 3.43. The van der Waals surface area contributed by atoms with E-state index < -0.39 is 0 Å². The third kappa shape index (κ3) is 4.57. The Morgan fingerprint density at radius 1 is 0.857 bits per heavy atom. The lowest BCUT2D eigenvalue weighted by atomic mass is 10.1. The summed E-state index contributed by atoms with van der Waals surface area (Å²) < 4.78 is 0. The third-order valence-electron chi connectivity index (χ3n) is 5.04. The third-order valence-corrected chi connectivity index (χ3v) is 5.04. The Balaban J connectivity index is 1.41. The van der Waals surface area contributed by atoms with Crippen LogP contribution in [-0.4, -0.2) is 28.3 Å². The highest BCUT2D eigenvalue weighted by molar-refractivity contribution is 5.61. The topological polar surface area (TPSA) is 66.0 Å². The summed E-state index contributed by atoms with van der Waals surface area (Å²) in [5.74, 6) is 1.13. The number of benzene rings is 2. The monoisotopic (exact) mass is 374 g/mol. The van der Waals surface area contributed by atoms with Gasteiger partial charge in [-0.1, -0.05) is 19.1 Å². The van der Waals surface area contributed by atoms with Gasteiger partial charge in [-0.2, -0.15) is 10.1 Å². The molecule has 0 saturated carbocycles. The molecule has 1 aliphatic rings. The summed E-state index contributed by atoms with van der Waals surface area (Å²) in [6.07, 6.45) is 6.55. The largest absolute Gasteiger partial charge is 0.372 e. The van der Waals surface area contributed by atoms with E-state index in [0.29, 0.717) is 11.8 Å². The van der Waals surface area contributed by atoms with E-state index in [1.165, 1.54) is 30.5 Å². The van der Waals surface area contributed by atoms with Gasteiger partial charge in [0, 0.05) is 30.2 Å². The summed E-state index contributed by atoms with van der Waals surface area (Å²) in [5, 5.41) is 14.7. The van der Waals surface area contributed by atoms with Crippen LogP contribution >= 0.6 is 0 Å². The van der Waals surface area contributed by atoms with Crippen LogP contribution in [0.25, 0.3) is 0 Å². The molecule has 6 heteroatoms. The molecule has 2 N–H and O–H groups in total. The summed E-state index contributed by atoms with van der Waals surface area (Å²) in [4.78, 5) is 6.96. The van der Waals surface area contributed by atoms with Crippen LogP contribution in [0.2, 0.25) is 0 Å². The normalized spacial score (nSPS) is 14.0. The number of rotatable bonds is 6. The number of nitrogens with zero attached hydrogens (tertiary/aromatic N) is 4. The Bertz CT molecular complexity index is 886. The van der Waals surface area contributed by atoms with Crippen LogP contribution in [0.3, 0.4) is 0 Å². The van der Waals surface area contributed by atoms with Crippen LogP contribution in [0.15, 0.2) is 54.7 Å². The Morgan fingerprint density at radius 2 is 1.54 bits per heavy atom. The van der Waals surface area contributed by atoms with Crippen molar-refractivity contribution in [1.29, 1.82) is 0 Å². The van der Waals surface area contributed by atoms with Gasteiger partial charge in [-0.3, -0.25) is 0 Å². The quantitative estimate of drug-likeness (QED) is 0.639. The molecule has 1 aliphatic heterocycles. The zero-order valence-electron chi connectivity index (χ0n) is 16.2. The summed E-state index contributed by atoms with van der Waals surface area (Å²) in [7, 11) is 0. The van der Waals surface area contributed by atoms with Gasteiger partial charge in [-0.25, -0.2) is 0 Å². The standard InChI is InChI=1S/C22H26N6/c1-2-17-6-8-18(9-7-17)24-21-16-23-27-22(26-21)25-19-10-12-20(13-11-19)28-14-4-3-5-15-28/h6-13,16H,2-5,14-15H2,1H3,(H2,24,25,26,27). The number of aryl methyl sites for hydroxylation is 1. The van der Waals surface area contributed by atoms with Crippen molar-refractivity contribution in [3.63, 3.8) is 0 Å². The Kier molecular flexibility index (Phi) is 5.66. The molecule has 0 atom stereocenters. The van der Waals surface area contributed by atoms with Gasteiger partial charge in [-0.05, 0) is 67.6 Å². The lowest BCUT2D eigenvalue weighted by Crippen LogP contribution is -2.29. The molecule has 144 valence electrons. The van der Waals surface area contributed by atoms with Crippen LogP contribution in [0.4, 0.5) is 28.8 Å². The van der Waals surface area contributed by atoms with Gasteiger partial charge in [-0.15, -0.1) is 5.10 Å². The second-order valence-electron chi connectivity index (χ2n) is 7.06. The molecular formula is C22H26N6. The number of hydrogen-bond donors (Lipinski definition) is 2. The van der Waals surface area contributed by atoms with Crippen LogP contribution < -0.4 is 15.5 Å². The van der Waals surface area contributed by atoms with Crippen molar-refractivity contribution in [2.24, 2.45) is 0 Å². The molecule has 4 rings (SSSR count). The molecule has 1 aromatic heterocycles. The van der Waals surface area contributed by atoms with Gasteiger partial charge in [0.2, 0.25) is 5.95 Å². The fourth-order valence-electron chi connectivity index (χ4n) is 3.43.